The summed E-state index contributed by atoms with van der Waals surface area (Å²) in [5, 5.41) is 4.83. The molecule has 0 radical (unpaired) electrons. The highest BCUT2D eigenvalue weighted by Gasteiger charge is 2.40. The average Bonchev–Trinajstić information content (AvgIpc) is 3.22. The highest BCUT2D eigenvalue weighted by atomic mass is 19.1. The van der Waals surface area contributed by atoms with Gasteiger partial charge in [0.2, 0.25) is 0 Å². The van der Waals surface area contributed by atoms with Gasteiger partial charge in [-0.1, -0.05) is 18.2 Å². The SMILES string of the molecule is COc1cccc(N2C(=O)c3cnc4c(c(C)nn4-c4ccccc4F)c3C2=O)c1. The Morgan fingerprint density at radius 1 is 1.03 bits per heavy atom. The van der Waals surface area contributed by atoms with Crippen LogP contribution in [0.5, 0.6) is 5.75 Å². The molecule has 30 heavy (non-hydrogen) atoms. The van der Waals surface area contributed by atoms with Crippen molar-refractivity contribution in [3.63, 3.8) is 0 Å². The third kappa shape index (κ3) is 2.43. The lowest BCUT2D eigenvalue weighted by Gasteiger charge is -2.14. The molecule has 2 amide bonds. The number of carbonyl (C=O) groups excluding carboxylic acids is 2. The third-order valence-corrected chi connectivity index (χ3v) is 5.11. The van der Waals surface area contributed by atoms with Crippen molar-refractivity contribution >= 4 is 28.5 Å². The molecule has 2 aromatic heterocycles. The van der Waals surface area contributed by atoms with Gasteiger partial charge in [0, 0.05) is 12.3 Å². The number of amides is 2. The number of para-hydroxylation sites is 1. The number of carbonyl (C=O) groups is 2. The lowest BCUT2D eigenvalue weighted by Crippen LogP contribution is -2.29. The van der Waals surface area contributed by atoms with Crippen LogP contribution in [0, 0.1) is 12.7 Å². The first-order chi connectivity index (χ1) is 14.5. The van der Waals surface area contributed by atoms with Crippen LogP contribution in [0.25, 0.3) is 16.7 Å². The standard InChI is InChI=1S/C22H15FN4O3/c1-12-18-19-15(11-24-20(18)27(25-12)17-9-4-3-8-16(17)23)21(28)26(22(19)29)13-6-5-7-14(10-13)30-2/h3-11H,1-2H3. The summed E-state index contributed by atoms with van der Waals surface area (Å²) in [5.41, 5.74) is 1.80. The molecule has 0 atom stereocenters. The minimum absolute atomic E-state index is 0.187. The Morgan fingerprint density at radius 2 is 1.83 bits per heavy atom. The van der Waals surface area contributed by atoms with Gasteiger partial charge in [-0.25, -0.2) is 19.0 Å². The van der Waals surface area contributed by atoms with E-state index in [0.717, 1.165) is 4.90 Å². The molecule has 1 aliphatic rings. The van der Waals surface area contributed by atoms with Crippen LogP contribution >= 0.6 is 0 Å². The summed E-state index contributed by atoms with van der Waals surface area (Å²) in [6, 6.07) is 12.9. The molecule has 8 heteroatoms. The number of halogens is 1. The average molecular weight is 402 g/mol. The number of benzene rings is 2. The lowest BCUT2D eigenvalue weighted by molar-refractivity contribution is 0.0926. The Balaban J connectivity index is 1.72. The molecule has 0 saturated heterocycles. The number of imide groups is 1. The molecule has 4 aromatic rings. The maximum Gasteiger partial charge on any atom is 0.267 e. The number of aryl methyl sites for hydroxylation is 1. The minimum atomic E-state index is -0.480. The van der Waals surface area contributed by atoms with Crippen LogP contribution in [0.4, 0.5) is 10.1 Å². The Morgan fingerprint density at radius 3 is 2.60 bits per heavy atom. The van der Waals surface area contributed by atoms with Crippen LogP contribution in [-0.2, 0) is 0 Å². The van der Waals surface area contributed by atoms with Crippen LogP contribution in [0.2, 0.25) is 0 Å². The van der Waals surface area contributed by atoms with E-state index in [9.17, 15) is 14.0 Å². The topological polar surface area (TPSA) is 77.3 Å². The number of hydrogen-bond donors (Lipinski definition) is 0. The van der Waals surface area contributed by atoms with Crippen LogP contribution < -0.4 is 9.64 Å². The molecular weight excluding hydrogens is 387 g/mol. The number of methoxy groups -OCH3 is 1. The number of ether oxygens (including phenoxy) is 1. The van der Waals surface area contributed by atoms with E-state index in [0.29, 0.717) is 28.2 Å². The molecule has 0 aliphatic carbocycles. The van der Waals surface area contributed by atoms with E-state index in [1.165, 1.54) is 24.1 Å². The van der Waals surface area contributed by atoms with E-state index in [4.69, 9.17) is 4.74 Å². The van der Waals surface area contributed by atoms with Crippen LogP contribution in [0.3, 0.4) is 0 Å². The monoisotopic (exact) mass is 402 g/mol. The van der Waals surface area contributed by atoms with Gasteiger partial charge >= 0.3 is 0 Å². The van der Waals surface area contributed by atoms with Crippen molar-refractivity contribution in [2.75, 3.05) is 12.0 Å². The van der Waals surface area contributed by atoms with Gasteiger partial charge in [0.15, 0.2) is 5.65 Å². The smallest absolute Gasteiger partial charge is 0.267 e. The molecule has 0 N–H and O–H groups in total. The zero-order valence-corrected chi connectivity index (χ0v) is 16.1. The van der Waals surface area contributed by atoms with Crippen molar-refractivity contribution in [1.29, 1.82) is 0 Å². The van der Waals surface area contributed by atoms with Crippen molar-refractivity contribution in [1.82, 2.24) is 14.8 Å². The zero-order chi connectivity index (χ0) is 21.0. The summed E-state index contributed by atoms with van der Waals surface area (Å²) in [4.78, 5) is 31.8. The maximum atomic E-state index is 14.4. The second kappa shape index (κ2) is 6.48. The van der Waals surface area contributed by atoms with Crippen LogP contribution in [-0.4, -0.2) is 33.7 Å². The first-order valence-electron chi connectivity index (χ1n) is 9.17. The molecule has 3 heterocycles. The van der Waals surface area contributed by atoms with Crippen molar-refractivity contribution in [2.24, 2.45) is 0 Å². The normalized spacial score (nSPS) is 13.2. The van der Waals surface area contributed by atoms with E-state index in [1.807, 2.05) is 0 Å². The van der Waals surface area contributed by atoms with E-state index in [1.54, 1.807) is 49.4 Å². The van der Waals surface area contributed by atoms with Gasteiger partial charge in [-0.15, -0.1) is 0 Å². The van der Waals surface area contributed by atoms with Crippen molar-refractivity contribution in [3.8, 4) is 11.4 Å². The third-order valence-electron chi connectivity index (χ3n) is 5.11. The Bertz CT molecular complexity index is 1360. The molecule has 5 rings (SSSR count). The molecule has 0 bridgehead atoms. The van der Waals surface area contributed by atoms with E-state index < -0.39 is 17.6 Å². The number of nitrogens with zero attached hydrogens (tertiary/aromatic N) is 4. The molecule has 1 aliphatic heterocycles. The van der Waals surface area contributed by atoms with Gasteiger partial charge in [-0.05, 0) is 31.2 Å². The van der Waals surface area contributed by atoms with Gasteiger partial charge in [-0.2, -0.15) is 5.10 Å². The fourth-order valence-electron chi connectivity index (χ4n) is 3.74. The van der Waals surface area contributed by atoms with Crippen LogP contribution in [0.1, 0.15) is 26.4 Å². The van der Waals surface area contributed by atoms with E-state index in [2.05, 4.69) is 10.1 Å². The molecule has 0 spiro atoms. The molecule has 0 saturated carbocycles. The quantitative estimate of drug-likeness (QED) is 0.489. The van der Waals surface area contributed by atoms with Gasteiger partial charge in [-0.3, -0.25) is 9.59 Å². The number of fused-ring (bicyclic) bond motifs is 3. The first kappa shape index (κ1) is 18.0. The number of pyridine rings is 1. The molecule has 148 valence electrons. The summed E-state index contributed by atoms with van der Waals surface area (Å²) in [6.45, 7) is 1.70. The van der Waals surface area contributed by atoms with Crippen LogP contribution in [0.15, 0.2) is 54.7 Å². The molecule has 0 fully saturated rings. The summed E-state index contributed by atoms with van der Waals surface area (Å²) >= 11 is 0. The Labute approximate surface area is 170 Å². The number of aromatic nitrogens is 3. The second-order valence-corrected chi connectivity index (χ2v) is 6.84. The zero-order valence-electron chi connectivity index (χ0n) is 16.1. The minimum Gasteiger partial charge on any atom is -0.497 e. The number of hydrogen-bond acceptors (Lipinski definition) is 5. The highest BCUT2D eigenvalue weighted by Crippen LogP contribution is 2.35. The van der Waals surface area contributed by atoms with Crippen molar-refractivity contribution < 1.29 is 18.7 Å². The predicted octanol–water partition coefficient (Wildman–Crippen LogP) is 3.68. The molecule has 7 nitrogen and oxygen atoms in total. The maximum absolute atomic E-state index is 14.4. The van der Waals surface area contributed by atoms with E-state index >= 15 is 0 Å². The van der Waals surface area contributed by atoms with Crippen molar-refractivity contribution in [3.05, 3.63) is 77.4 Å². The molecule has 0 unspecified atom stereocenters. The number of rotatable bonds is 3. The predicted molar refractivity (Wildman–Crippen MR) is 108 cm³/mol. The molecular formula is C22H15FN4O3. The number of anilines is 1. The summed E-state index contributed by atoms with van der Waals surface area (Å²) in [7, 11) is 1.51. The van der Waals surface area contributed by atoms with Gasteiger partial charge in [0.05, 0.1) is 35.0 Å². The highest BCUT2D eigenvalue weighted by molar-refractivity contribution is 6.37. The Hall–Kier alpha value is -4.07. The lowest BCUT2D eigenvalue weighted by atomic mass is 10.1. The van der Waals surface area contributed by atoms with Gasteiger partial charge in [0.1, 0.15) is 17.3 Å². The van der Waals surface area contributed by atoms with Crippen molar-refractivity contribution in [2.45, 2.75) is 6.92 Å². The van der Waals surface area contributed by atoms with Gasteiger partial charge < -0.3 is 4.74 Å². The van der Waals surface area contributed by atoms with E-state index in [-0.39, 0.29) is 16.8 Å². The first-order valence-corrected chi connectivity index (χ1v) is 9.17. The largest absolute Gasteiger partial charge is 0.497 e. The summed E-state index contributed by atoms with van der Waals surface area (Å²) in [5.74, 6) is -0.900. The summed E-state index contributed by atoms with van der Waals surface area (Å²) in [6.07, 6.45) is 1.34. The van der Waals surface area contributed by atoms with Gasteiger partial charge in [0.25, 0.3) is 11.8 Å². The fraction of sp³-hybridized carbons (Fsp3) is 0.0909. The second-order valence-electron chi connectivity index (χ2n) is 6.84. The fourth-order valence-corrected chi connectivity index (χ4v) is 3.74. The molecule has 2 aromatic carbocycles. The Kier molecular flexibility index (Phi) is 3.89. The summed E-state index contributed by atoms with van der Waals surface area (Å²) < 4.78 is 20.9.